The topological polar surface area (TPSA) is 46.5 Å². The zero-order valence-corrected chi connectivity index (χ0v) is 10.9. The minimum atomic E-state index is -4.49. The summed E-state index contributed by atoms with van der Waals surface area (Å²) in [5, 5.41) is 9.09. The number of hydrogen-bond acceptors (Lipinski definition) is 2. The summed E-state index contributed by atoms with van der Waals surface area (Å²) in [4.78, 5) is 11.1. The molecule has 3 nitrogen and oxygen atoms in total. The number of hydrogen-bond donors (Lipinski definition) is 1. The van der Waals surface area contributed by atoms with Gasteiger partial charge in [0.05, 0.1) is 5.56 Å². The third kappa shape index (κ3) is 3.34. The molecule has 2 aromatic rings. The van der Waals surface area contributed by atoms with Crippen LogP contribution in [0.5, 0.6) is 11.5 Å². The number of benzene rings is 2. The van der Waals surface area contributed by atoms with E-state index in [2.05, 4.69) is 0 Å². The number of aryl methyl sites for hydroxylation is 1. The number of carboxylic acid groups (broad SMARTS) is 1. The van der Waals surface area contributed by atoms with Gasteiger partial charge in [-0.25, -0.2) is 4.79 Å². The Bertz CT molecular complexity index is 678. The maximum Gasteiger partial charge on any atom is 0.416 e. The standard InChI is InChI=1S/C15H11F3O3/c1-9-4-2-7-12(14(19)20)13(9)21-11-6-3-5-10(8-11)15(16,17)18/h2-8H,1H3,(H,19,20). The van der Waals surface area contributed by atoms with E-state index in [1.54, 1.807) is 13.0 Å². The Labute approximate surface area is 118 Å². The Morgan fingerprint density at radius 2 is 1.81 bits per heavy atom. The van der Waals surface area contributed by atoms with Gasteiger partial charge >= 0.3 is 12.1 Å². The molecule has 0 saturated carbocycles. The first-order valence-electron chi connectivity index (χ1n) is 5.97. The lowest BCUT2D eigenvalue weighted by atomic mass is 10.1. The molecule has 0 atom stereocenters. The Morgan fingerprint density at radius 1 is 1.14 bits per heavy atom. The highest BCUT2D eigenvalue weighted by molar-refractivity contribution is 5.91. The fourth-order valence-corrected chi connectivity index (χ4v) is 1.81. The minimum Gasteiger partial charge on any atom is -0.478 e. The molecule has 2 aromatic carbocycles. The Hall–Kier alpha value is -2.50. The van der Waals surface area contributed by atoms with E-state index in [0.29, 0.717) is 5.56 Å². The van der Waals surface area contributed by atoms with Crippen molar-refractivity contribution in [1.82, 2.24) is 0 Å². The lowest BCUT2D eigenvalue weighted by Gasteiger charge is -2.13. The van der Waals surface area contributed by atoms with Crippen LogP contribution in [0.15, 0.2) is 42.5 Å². The quantitative estimate of drug-likeness (QED) is 0.906. The number of rotatable bonds is 3. The second-order valence-corrected chi connectivity index (χ2v) is 4.38. The molecule has 0 aliphatic carbocycles. The second kappa shape index (κ2) is 5.47. The number of carboxylic acids is 1. The van der Waals surface area contributed by atoms with E-state index in [1.807, 2.05) is 0 Å². The summed E-state index contributed by atoms with van der Waals surface area (Å²) in [6, 6.07) is 8.79. The fourth-order valence-electron chi connectivity index (χ4n) is 1.81. The largest absolute Gasteiger partial charge is 0.478 e. The van der Waals surface area contributed by atoms with Crippen molar-refractivity contribution in [3.8, 4) is 11.5 Å². The summed E-state index contributed by atoms with van der Waals surface area (Å²) in [5.74, 6) is -1.24. The monoisotopic (exact) mass is 296 g/mol. The van der Waals surface area contributed by atoms with Crippen LogP contribution in [0.3, 0.4) is 0 Å². The molecule has 0 spiro atoms. The van der Waals surface area contributed by atoms with E-state index in [4.69, 9.17) is 9.84 Å². The lowest BCUT2D eigenvalue weighted by molar-refractivity contribution is -0.137. The van der Waals surface area contributed by atoms with Crippen molar-refractivity contribution in [3.05, 3.63) is 59.2 Å². The molecule has 0 fully saturated rings. The van der Waals surface area contributed by atoms with Crippen LogP contribution < -0.4 is 4.74 Å². The summed E-state index contributed by atoms with van der Waals surface area (Å²) < 4.78 is 43.3. The van der Waals surface area contributed by atoms with Crippen molar-refractivity contribution in [2.75, 3.05) is 0 Å². The average molecular weight is 296 g/mol. The Kier molecular flexibility index (Phi) is 3.88. The highest BCUT2D eigenvalue weighted by atomic mass is 19.4. The molecule has 0 aliphatic heterocycles. The molecule has 0 saturated heterocycles. The summed E-state index contributed by atoms with van der Waals surface area (Å²) >= 11 is 0. The summed E-state index contributed by atoms with van der Waals surface area (Å²) in [5.41, 5.74) is -0.440. The van der Waals surface area contributed by atoms with Gasteiger partial charge < -0.3 is 9.84 Å². The van der Waals surface area contributed by atoms with E-state index in [9.17, 15) is 18.0 Å². The normalized spacial score (nSPS) is 11.2. The van der Waals surface area contributed by atoms with Gasteiger partial charge in [0.2, 0.25) is 0 Å². The van der Waals surface area contributed by atoms with Gasteiger partial charge in [0.1, 0.15) is 17.1 Å². The number of alkyl halides is 3. The Morgan fingerprint density at radius 3 is 2.43 bits per heavy atom. The molecule has 0 unspecified atom stereocenters. The van der Waals surface area contributed by atoms with Gasteiger partial charge in [-0.1, -0.05) is 18.2 Å². The number of para-hydroxylation sites is 1. The van der Waals surface area contributed by atoms with Crippen LogP contribution in [0.1, 0.15) is 21.5 Å². The van der Waals surface area contributed by atoms with E-state index in [-0.39, 0.29) is 17.1 Å². The van der Waals surface area contributed by atoms with Crippen LogP contribution in [-0.4, -0.2) is 11.1 Å². The smallest absolute Gasteiger partial charge is 0.416 e. The van der Waals surface area contributed by atoms with E-state index in [1.165, 1.54) is 24.3 Å². The zero-order valence-electron chi connectivity index (χ0n) is 10.9. The lowest BCUT2D eigenvalue weighted by Crippen LogP contribution is -2.05. The number of carbonyl (C=O) groups is 1. The molecule has 0 aromatic heterocycles. The summed E-state index contributed by atoms with van der Waals surface area (Å²) in [6.45, 7) is 1.62. The van der Waals surface area contributed by atoms with E-state index in [0.717, 1.165) is 12.1 Å². The summed E-state index contributed by atoms with van der Waals surface area (Å²) in [6.07, 6.45) is -4.49. The molecule has 0 heterocycles. The van der Waals surface area contributed by atoms with Crippen LogP contribution >= 0.6 is 0 Å². The fraction of sp³-hybridized carbons (Fsp3) is 0.133. The zero-order chi connectivity index (χ0) is 15.6. The molecule has 110 valence electrons. The molecular weight excluding hydrogens is 285 g/mol. The molecule has 0 amide bonds. The van der Waals surface area contributed by atoms with Crippen molar-refractivity contribution in [3.63, 3.8) is 0 Å². The highest BCUT2D eigenvalue weighted by Crippen LogP contribution is 2.34. The first-order valence-corrected chi connectivity index (χ1v) is 5.97. The molecule has 1 N–H and O–H groups in total. The summed E-state index contributed by atoms with van der Waals surface area (Å²) in [7, 11) is 0. The van der Waals surface area contributed by atoms with Gasteiger partial charge in [0.15, 0.2) is 0 Å². The van der Waals surface area contributed by atoms with E-state index >= 15 is 0 Å². The number of aromatic carboxylic acids is 1. The van der Waals surface area contributed by atoms with Gasteiger partial charge in [-0.05, 0) is 36.8 Å². The van der Waals surface area contributed by atoms with Crippen LogP contribution in [0, 0.1) is 6.92 Å². The first kappa shape index (κ1) is 14.9. The minimum absolute atomic E-state index is 0.0318. The maximum absolute atomic E-state index is 12.6. The predicted octanol–water partition coefficient (Wildman–Crippen LogP) is 4.50. The number of halogens is 3. The molecule has 0 radical (unpaired) electrons. The number of ether oxygens (including phenoxy) is 1. The maximum atomic E-state index is 12.6. The SMILES string of the molecule is Cc1cccc(C(=O)O)c1Oc1cccc(C(F)(F)F)c1. The Balaban J connectivity index is 2.42. The van der Waals surface area contributed by atoms with Crippen molar-refractivity contribution in [2.45, 2.75) is 13.1 Å². The third-order valence-corrected chi connectivity index (χ3v) is 2.82. The average Bonchev–Trinajstić information content (AvgIpc) is 2.40. The van der Waals surface area contributed by atoms with Gasteiger partial charge in [0.25, 0.3) is 0 Å². The second-order valence-electron chi connectivity index (χ2n) is 4.38. The molecule has 0 aliphatic rings. The van der Waals surface area contributed by atoms with Crippen LogP contribution in [0.25, 0.3) is 0 Å². The molecule has 0 bridgehead atoms. The van der Waals surface area contributed by atoms with Crippen molar-refractivity contribution < 1.29 is 27.8 Å². The van der Waals surface area contributed by atoms with Crippen LogP contribution in [-0.2, 0) is 6.18 Å². The molecular formula is C15H11F3O3. The predicted molar refractivity (Wildman–Crippen MR) is 69.7 cm³/mol. The van der Waals surface area contributed by atoms with Crippen molar-refractivity contribution >= 4 is 5.97 Å². The van der Waals surface area contributed by atoms with E-state index < -0.39 is 17.7 Å². The molecule has 6 heteroatoms. The molecule has 21 heavy (non-hydrogen) atoms. The van der Waals surface area contributed by atoms with Gasteiger partial charge in [-0.2, -0.15) is 13.2 Å². The van der Waals surface area contributed by atoms with Gasteiger partial charge in [-0.3, -0.25) is 0 Å². The van der Waals surface area contributed by atoms with Crippen LogP contribution in [0.2, 0.25) is 0 Å². The highest BCUT2D eigenvalue weighted by Gasteiger charge is 2.30. The van der Waals surface area contributed by atoms with Crippen LogP contribution in [0.4, 0.5) is 13.2 Å². The van der Waals surface area contributed by atoms with Crippen molar-refractivity contribution in [1.29, 1.82) is 0 Å². The van der Waals surface area contributed by atoms with Gasteiger partial charge in [0, 0.05) is 0 Å². The first-order chi connectivity index (χ1) is 9.79. The van der Waals surface area contributed by atoms with Gasteiger partial charge in [-0.15, -0.1) is 0 Å². The molecule has 2 rings (SSSR count). The van der Waals surface area contributed by atoms with Crippen molar-refractivity contribution in [2.24, 2.45) is 0 Å². The third-order valence-electron chi connectivity index (χ3n) is 2.82.